The molecule has 0 saturated heterocycles. The molecule has 0 spiro atoms. The van der Waals surface area contributed by atoms with Crippen molar-refractivity contribution in [3.8, 4) is 5.75 Å². The molecular weight excluding hydrogens is 178 g/mol. The lowest BCUT2D eigenvalue weighted by atomic mass is 9.91. The molecule has 0 fully saturated rings. The van der Waals surface area contributed by atoms with E-state index in [-0.39, 0.29) is 12.5 Å². The number of methoxy groups -OCH3 is 1. The van der Waals surface area contributed by atoms with Crippen molar-refractivity contribution in [1.82, 2.24) is 5.32 Å². The van der Waals surface area contributed by atoms with Crippen molar-refractivity contribution in [2.24, 2.45) is 0 Å². The minimum atomic E-state index is 0.188. The first-order valence-corrected chi connectivity index (χ1v) is 4.84. The van der Waals surface area contributed by atoms with Gasteiger partial charge in [-0.05, 0) is 11.6 Å². The molecule has 1 heterocycles. The van der Waals surface area contributed by atoms with Crippen LogP contribution in [0.4, 0.5) is 0 Å². The molecule has 1 aliphatic heterocycles. The minimum Gasteiger partial charge on any atom is -0.496 e. The van der Waals surface area contributed by atoms with E-state index in [9.17, 15) is 5.11 Å². The predicted octanol–water partition coefficient (Wildman–Crippen LogP) is 0.874. The highest BCUT2D eigenvalue weighted by atomic mass is 16.5. The fraction of sp³-hybridized carbons (Fsp3) is 0.455. The highest BCUT2D eigenvalue weighted by Crippen LogP contribution is 2.30. The summed E-state index contributed by atoms with van der Waals surface area (Å²) < 4.78 is 5.28. The Labute approximate surface area is 83.7 Å². The first-order chi connectivity index (χ1) is 6.86. The number of hydrogen-bond acceptors (Lipinski definition) is 3. The lowest BCUT2D eigenvalue weighted by Gasteiger charge is -2.26. The van der Waals surface area contributed by atoms with Gasteiger partial charge in [0.05, 0.1) is 13.7 Å². The topological polar surface area (TPSA) is 41.5 Å². The smallest absolute Gasteiger partial charge is 0.123 e. The van der Waals surface area contributed by atoms with Gasteiger partial charge in [-0.2, -0.15) is 0 Å². The lowest BCUT2D eigenvalue weighted by molar-refractivity contribution is 0.255. The van der Waals surface area contributed by atoms with Crippen LogP contribution in [-0.4, -0.2) is 25.4 Å². The second-order valence-corrected chi connectivity index (χ2v) is 3.54. The van der Waals surface area contributed by atoms with E-state index >= 15 is 0 Å². The zero-order chi connectivity index (χ0) is 9.97. The Morgan fingerprint density at radius 3 is 3.14 bits per heavy atom. The molecule has 3 heteroatoms. The summed E-state index contributed by atoms with van der Waals surface area (Å²) in [6.45, 7) is 1.86. The fourth-order valence-electron chi connectivity index (χ4n) is 1.99. The van der Waals surface area contributed by atoms with E-state index in [4.69, 9.17) is 4.74 Å². The molecule has 14 heavy (non-hydrogen) atoms. The van der Waals surface area contributed by atoms with Crippen LogP contribution in [0.2, 0.25) is 0 Å². The molecule has 0 aliphatic carbocycles. The van der Waals surface area contributed by atoms with Gasteiger partial charge in [0, 0.05) is 24.6 Å². The van der Waals surface area contributed by atoms with Crippen LogP contribution in [-0.2, 0) is 6.54 Å². The maximum absolute atomic E-state index is 9.22. The molecule has 1 aromatic carbocycles. The second-order valence-electron chi connectivity index (χ2n) is 3.54. The summed E-state index contributed by atoms with van der Waals surface area (Å²) >= 11 is 0. The fourth-order valence-corrected chi connectivity index (χ4v) is 1.99. The van der Waals surface area contributed by atoms with Crippen LogP contribution in [0.15, 0.2) is 18.2 Å². The van der Waals surface area contributed by atoms with Crippen LogP contribution < -0.4 is 10.1 Å². The number of aliphatic hydroxyl groups excluding tert-OH is 1. The van der Waals surface area contributed by atoms with Crippen LogP contribution in [0.5, 0.6) is 5.75 Å². The SMILES string of the molecule is COc1cccc2c1CNCC2CO. The highest BCUT2D eigenvalue weighted by Gasteiger charge is 2.21. The zero-order valence-electron chi connectivity index (χ0n) is 8.29. The number of benzene rings is 1. The normalized spacial score (nSPS) is 20.3. The number of fused-ring (bicyclic) bond motifs is 1. The lowest BCUT2D eigenvalue weighted by Crippen LogP contribution is -2.30. The monoisotopic (exact) mass is 193 g/mol. The first-order valence-electron chi connectivity index (χ1n) is 4.84. The predicted molar refractivity (Wildman–Crippen MR) is 54.5 cm³/mol. The largest absolute Gasteiger partial charge is 0.496 e. The molecule has 1 aromatic rings. The maximum Gasteiger partial charge on any atom is 0.123 e. The second kappa shape index (κ2) is 3.98. The summed E-state index contributed by atoms with van der Waals surface area (Å²) in [5, 5.41) is 12.5. The molecule has 0 bridgehead atoms. The molecule has 3 nitrogen and oxygen atoms in total. The van der Waals surface area contributed by atoms with E-state index in [0.717, 1.165) is 18.8 Å². The van der Waals surface area contributed by atoms with E-state index in [0.29, 0.717) is 0 Å². The van der Waals surface area contributed by atoms with Crippen LogP contribution in [0.25, 0.3) is 0 Å². The molecule has 2 rings (SSSR count). The van der Waals surface area contributed by atoms with Gasteiger partial charge in [0.2, 0.25) is 0 Å². The molecule has 76 valence electrons. The van der Waals surface area contributed by atoms with E-state index in [1.807, 2.05) is 12.1 Å². The van der Waals surface area contributed by atoms with Crippen molar-refractivity contribution >= 4 is 0 Å². The van der Waals surface area contributed by atoms with Gasteiger partial charge in [0.1, 0.15) is 5.75 Å². The summed E-state index contributed by atoms with van der Waals surface area (Å²) in [5.41, 5.74) is 2.39. The van der Waals surface area contributed by atoms with Gasteiger partial charge >= 0.3 is 0 Å². The van der Waals surface area contributed by atoms with Crippen molar-refractivity contribution < 1.29 is 9.84 Å². The number of ether oxygens (including phenoxy) is 1. The standard InChI is InChI=1S/C11H15NO2/c1-14-11-4-2-3-9-8(7-13)5-12-6-10(9)11/h2-4,8,12-13H,5-7H2,1H3. The van der Waals surface area contributed by atoms with Gasteiger partial charge in [-0.25, -0.2) is 0 Å². The molecule has 0 amide bonds. The number of aliphatic hydroxyl groups is 1. The third-order valence-electron chi connectivity index (χ3n) is 2.74. The van der Waals surface area contributed by atoms with Gasteiger partial charge < -0.3 is 15.2 Å². The van der Waals surface area contributed by atoms with E-state index in [1.54, 1.807) is 7.11 Å². The van der Waals surface area contributed by atoms with Crippen molar-refractivity contribution in [1.29, 1.82) is 0 Å². The first kappa shape index (κ1) is 9.49. The number of hydrogen-bond donors (Lipinski definition) is 2. The molecule has 0 radical (unpaired) electrons. The molecule has 1 unspecified atom stereocenters. The summed E-state index contributed by atoms with van der Waals surface area (Å²) in [6, 6.07) is 6.01. The molecule has 0 saturated carbocycles. The van der Waals surface area contributed by atoms with Crippen molar-refractivity contribution in [3.63, 3.8) is 0 Å². The van der Waals surface area contributed by atoms with E-state index in [2.05, 4.69) is 11.4 Å². The van der Waals surface area contributed by atoms with Crippen LogP contribution in [0, 0.1) is 0 Å². The quantitative estimate of drug-likeness (QED) is 0.732. The third kappa shape index (κ3) is 1.49. The Morgan fingerprint density at radius 2 is 2.43 bits per heavy atom. The van der Waals surface area contributed by atoms with Crippen LogP contribution in [0.3, 0.4) is 0 Å². The van der Waals surface area contributed by atoms with Crippen molar-refractivity contribution in [3.05, 3.63) is 29.3 Å². The van der Waals surface area contributed by atoms with Gasteiger partial charge in [0.15, 0.2) is 0 Å². The summed E-state index contributed by atoms with van der Waals surface area (Å²) in [4.78, 5) is 0. The van der Waals surface area contributed by atoms with Crippen LogP contribution in [0.1, 0.15) is 17.0 Å². The van der Waals surface area contributed by atoms with Gasteiger partial charge in [-0.3, -0.25) is 0 Å². The van der Waals surface area contributed by atoms with E-state index in [1.165, 1.54) is 11.1 Å². The minimum absolute atomic E-state index is 0.188. The number of nitrogens with one attached hydrogen (secondary N) is 1. The summed E-state index contributed by atoms with van der Waals surface area (Å²) in [6.07, 6.45) is 0. The Hall–Kier alpha value is -1.06. The van der Waals surface area contributed by atoms with Crippen molar-refractivity contribution in [2.75, 3.05) is 20.3 Å². The molecule has 0 aromatic heterocycles. The van der Waals surface area contributed by atoms with Crippen molar-refractivity contribution in [2.45, 2.75) is 12.5 Å². The third-order valence-corrected chi connectivity index (χ3v) is 2.74. The Morgan fingerprint density at radius 1 is 1.57 bits per heavy atom. The average molecular weight is 193 g/mol. The zero-order valence-corrected chi connectivity index (χ0v) is 8.29. The van der Waals surface area contributed by atoms with E-state index < -0.39 is 0 Å². The van der Waals surface area contributed by atoms with Gasteiger partial charge in [-0.15, -0.1) is 0 Å². The molecule has 1 atom stereocenters. The van der Waals surface area contributed by atoms with Crippen LogP contribution >= 0.6 is 0 Å². The maximum atomic E-state index is 9.22. The summed E-state index contributed by atoms with van der Waals surface area (Å²) in [7, 11) is 1.68. The number of rotatable bonds is 2. The van der Waals surface area contributed by atoms with Gasteiger partial charge in [-0.1, -0.05) is 12.1 Å². The Kier molecular flexibility index (Phi) is 2.70. The molecule has 1 aliphatic rings. The molecular formula is C11H15NO2. The van der Waals surface area contributed by atoms with Gasteiger partial charge in [0.25, 0.3) is 0 Å². The summed E-state index contributed by atoms with van der Waals surface area (Å²) in [5.74, 6) is 1.11. The Balaban J connectivity index is 2.43. The Bertz CT molecular complexity index is 325. The average Bonchev–Trinajstić information content (AvgIpc) is 2.27. The highest BCUT2D eigenvalue weighted by molar-refractivity contribution is 5.43. The molecule has 2 N–H and O–H groups in total.